The molecule has 1 aromatic heterocycles. The Hall–Kier alpha value is -2.15. The summed E-state index contributed by atoms with van der Waals surface area (Å²) in [6, 6.07) is 2.73. The van der Waals surface area contributed by atoms with Crippen LogP contribution in [0.1, 0.15) is 46.4 Å². The number of carbonyl (C=O) groups excluding carboxylic acids is 2. The normalized spacial score (nSPS) is 32.6. The van der Waals surface area contributed by atoms with Crippen LogP contribution in [0.5, 0.6) is 0 Å². The Morgan fingerprint density at radius 2 is 1.96 bits per heavy atom. The SMILES string of the molecule is CC(C)C1(C(=O)O)NC(c2ccco2)C2C(=O)N(C(C)(C)C)C(=O)C21. The van der Waals surface area contributed by atoms with Crippen LogP contribution in [0.25, 0.3) is 0 Å². The highest BCUT2D eigenvalue weighted by Crippen LogP contribution is 2.52. The molecule has 136 valence electrons. The third kappa shape index (κ3) is 2.25. The van der Waals surface area contributed by atoms with Gasteiger partial charge >= 0.3 is 5.97 Å². The van der Waals surface area contributed by atoms with Crippen molar-refractivity contribution < 1.29 is 23.9 Å². The molecule has 4 atom stereocenters. The second-order valence-electron chi connectivity index (χ2n) is 8.15. The van der Waals surface area contributed by atoms with Crippen LogP contribution in [0.15, 0.2) is 22.8 Å². The van der Waals surface area contributed by atoms with E-state index in [2.05, 4.69) is 5.32 Å². The summed E-state index contributed by atoms with van der Waals surface area (Å²) < 4.78 is 5.45. The van der Waals surface area contributed by atoms with Gasteiger partial charge in [0.2, 0.25) is 11.8 Å². The molecular weight excluding hydrogens is 324 g/mol. The van der Waals surface area contributed by atoms with Gasteiger partial charge in [-0.2, -0.15) is 0 Å². The Morgan fingerprint density at radius 3 is 2.40 bits per heavy atom. The summed E-state index contributed by atoms with van der Waals surface area (Å²) in [5.74, 6) is -3.59. The van der Waals surface area contributed by atoms with Gasteiger partial charge in [-0.1, -0.05) is 13.8 Å². The van der Waals surface area contributed by atoms with Gasteiger partial charge in [-0.15, -0.1) is 0 Å². The van der Waals surface area contributed by atoms with Gasteiger partial charge in [-0.05, 0) is 38.8 Å². The average molecular weight is 348 g/mol. The molecule has 0 saturated carbocycles. The van der Waals surface area contributed by atoms with E-state index in [1.165, 1.54) is 11.2 Å². The maximum Gasteiger partial charge on any atom is 0.325 e. The second kappa shape index (κ2) is 5.42. The Labute approximate surface area is 146 Å². The lowest BCUT2D eigenvalue weighted by atomic mass is 9.73. The van der Waals surface area contributed by atoms with Crippen molar-refractivity contribution in [1.82, 2.24) is 10.2 Å². The Morgan fingerprint density at radius 1 is 1.32 bits per heavy atom. The van der Waals surface area contributed by atoms with Crippen LogP contribution in [0, 0.1) is 17.8 Å². The molecular formula is C18H24N2O5. The molecule has 0 aliphatic carbocycles. The first-order valence-electron chi connectivity index (χ1n) is 8.46. The average Bonchev–Trinajstić information content (AvgIpc) is 3.15. The molecule has 2 aliphatic heterocycles. The highest BCUT2D eigenvalue weighted by atomic mass is 16.4. The number of carboxylic acid groups (broad SMARTS) is 1. The number of hydrogen-bond donors (Lipinski definition) is 2. The summed E-state index contributed by atoms with van der Waals surface area (Å²) in [5, 5.41) is 13.1. The number of likely N-dealkylation sites (tertiary alicyclic amines) is 1. The smallest absolute Gasteiger partial charge is 0.325 e. The Bertz CT molecular complexity index is 718. The molecule has 0 spiro atoms. The number of hydrogen-bond acceptors (Lipinski definition) is 5. The minimum atomic E-state index is -1.52. The van der Waals surface area contributed by atoms with Crippen molar-refractivity contribution in [3.05, 3.63) is 24.2 Å². The number of amides is 2. The number of carbonyl (C=O) groups is 3. The standard InChI is InChI=1S/C18H24N2O5/c1-9(2)18(16(23)24)12-11(13(19-18)10-7-6-8-25-10)14(21)20(15(12)22)17(3,4)5/h6-9,11-13,19H,1-5H3,(H,23,24). The quantitative estimate of drug-likeness (QED) is 0.808. The summed E-state index contributed by atoms with van der Waals surface area (Å²) in [6.07, 6.45) is 1.48. The molecule has 2 saturated heterocycles. The number of fused-ring (bicyclic) bond motifs is 1. The molecule has 3 heterocycles. The van der Waals surface area contributed by atoms with Crippen LogP contribution in [0.3, 0.4) is 0 Å². The van der Waals surface area contributed by atoms with Gasteiger partial charge in [0.25, 0.3) is 0 Å². The summed E-state index contributed by atoms with van der Waals surface area (Å²) in [6.45, 7) is 8.82. The van der Waals surface area contributed by atoms with E-state index in [1.54, 1.807) is 46.8 Å². The zero-order chi connectivity index (χ0) is 18.7. The third-order valence-electron chi connectivity index (χ3n) is 5.38. The van der Waals surface area contributed by atoms with Crippen LogP contribution in [-0.4, -0.2) is 38.9 Å². The Balaban J connectivity index is 2.19. The van der Waals surface area contributed by atoms with E-state index in [1.807, 2.05) is 0 Å². The van der Waals surface area contributed by atoms with Crippen molar-refractivity contribution in [2.75, 3.05) is 0 Å². The van der Waals surface area contributed by atoms with Crippen molar-refractivity contribution >= 4 is 17.8 Å². The van der Waals surface area contributed by atoms with E-state index in [4.69, 9.17) is 4.42 Å². The zero-order valence-electron chi connectivity index (χ0n) is 15.1. The van der Waals surface area contributed by atoms with Crippen molar-refractivity contribution in [1.29, 1.82) is 0 Å². The highest BCUT2D eigenvalue weighted by molar-refractivity contribution is 6.10. The lowest BCUT2D eigenvalue weighted by Gasteiger charge is -2.37. The van der Waals surface area contributed by atoms with Crippen LogP contribution in [-0.2, 0) is 14.4 Å². The van der Waals surface area contributed by atoms with Gasteiger partial charge in [0.05, 0.1) is 24.1 Å². The number of furan rings is 1. The van der Waals surface area contributed by atoms with E-state index < -0.39 is 46.7 Å². The van der Waals surface area contributed by atoms with Crippen molar-refractivity contribution in [2.45, 2.75) is 51.7 Å². The van der Waals surface area contributed by atoms with Crippen LogP contribution in [0.4, 0.5) is 0 Å². The van der Waals surface area contributed by atoms with Crippen LogP contribution in [0.2, 0.25) is 0 Å². The fraction of sp³-hybridized carbons (Fsp3) is 0.611. The lowest BCUT2D eigenvalue weighted by Crippen LogP contribution is -2.60. The minimum Gasteiger partial charge on any atom is -0.480 e. The van der Waals surface area contributed by atoms with E-state index in [0.717, 1.165) is 0 Å². The first kappa shape index (κ1) is 17.7. The molecule has 0 aromatic carbocycles. The number of carboxylic acids is 1. The molecule has 3 rings (SSSR count). The van der Waals surface area contributed by atoms with Crippen molar-refractivity contribution in [3.63, 3.8) is 0 Å². The van der Waals surface area contributed by atoms with Crippen molar-refractivity contribution in [2.24, 2.45) is 17.8 Å². The zero-order valence-corrected chi connectivity index (χ0v) is 15.1. The molecule has 1 aromatic rings. The number of aliphatic carboxylic acids is 1. The van der Waals surface area contributed by atoms with Crippen LogP contribution >= 0.6 is 0 Å². The van der Waals surface area contributed by atoms with Gasteiger partial charge in [-0.3, -0.25) is 24.6 Å². The van der Waals surface area contributed by atoms with Gasteiger partial charge in [0.15, 0.2) is 0 Å². The number of nitrogens with one attached hydrogen (secondary N) is 1. The molecule has 2 amide bonds. The molecule has 7 nitrogen and oxygen atoms in total. The molecule has 4 unspecified atom stereocenters. The summed E-state index contributed by atoms with van der Waals surface area (Å²) >= 11 is 0. The molecule has 25 heavy (non-hydrogen) atoms. The van der Waals surface area contributed by atoms with Gasteiger partial charge in [0, 0.05) is 5.54 Å². The monoisotopic (exact) mass is 348 g/mol. The van der Waals surface area contributed by atoms with E-state index in [0.29, 0.717) is 5.76 Å². The molecule has 0 radical (unpaired) electrons. The fourth-order valence-electron chi connectivity index (χ4n) is 4.29. The summed E-state index contributed by atoms with van der Waals surface area (Å²) in [7, 11) is 0. The molecule has 2 fully saturated rings. The topological polar surface area (TPSA) is 99.8 Å². The number of nitrogens with zero attached hydrogens (tertiary/aromatic N) is 1. The molecule has 0 bridgehead atoms. The van der Waals surface area contributed by atoms with Crippen LogP contribution < -0.4 is 5.32 Å². The first-order chi connectivity index (χ1) is 11.5. The third-order valence-corrected chi connectivity index (χ3v) is 5.38. The molecule has 7 heteroatoms. The predicted octanol–water partition coefficient (Wildman–Crippen LogP) is 1.80. The fourth-order valence-corrected chi connectivity index (χ4v) is 4.29. The van der Waals surface area contributed by atoms with Gasteiger partial charge < -0.3 is 9.52 Å². The second-order valence-corrected chi connectivity index (χ2v) is 8.15. The van der Waals surface area contributed by atoms with Gasteiger partial charge in [-0.25, -0.2) is 0 Å². The summed E-state index contributed by atoms with van der Waals surface area (Å²) in [4.78, 5) is 39.7. The predicted molar refractivity (Wildman–Crippen MR) is 88.4 cm³/mol. The van der Waals surface area contributed by atoms with E-state index in [-0.39, 0.29) is 5.91 Å². The number of imide groups is 1. The first-order valence-corrected chi connectivity index (χ1v) is 8.46. The van der Waals surface area contributed by atoms with E-state index in [9.17, 15) is 19.5 Å². The Kier molecular flexibility index (Phi) is 3.83. The van der Waals surface area contributed by atoms with Crippen molar-refractivity contribution in [3.8, 4) is 0 Å². The molecule has 2 N–H and O–H groups in total. The maximum atomic E-state index is 13.2. The highest BCUT2D eigenvalue weighted by Gasteiger charge is 2.70. The largest absolute Gasteiger partial charge is 0.480 e. The van der Waals surface area contributed by atoms with Gasteiger partial charge in [0.1, 0.15) is 11.3 Å². The number of rotatable bonds is 3. The molecule has 2 aliphatic rings. The lowest BCUT2D eigenvalue weighted by molar-refractivity contribution is -0.155. The van der Waals surface area contributed by atoms with E-state index >= 15 is 0 Å². The maximum absolute atomic E-state index is 13.2. The minimum absolute atomic E-state index is 0.347. The summed E-state index contributed by atoms with van der Waals surface area (Å²) in [5.41, 5.74) is -2.23.